The molecule has 2 rings (SSSR count). The first-order valence-electron chi connectivity index (χ1n) is 7.39. The van der Waals surface area contributed by atoms with E-state index in [0.717, 1.165) is 16.3 Å². The Kier molecular flexibility index (Phi) is 4.93. The smallest absolute Gasteiger partial charge is 0.0830 e. The van der Waals surface area contributed by atoms with Crippen LogP contribution in [-0.2, 0) is 4.74 Å². The molecular formula is C17H25N3O. The Balaban J connectivity index is 2.52. The Morgan fingerprint density at radius 1 is 1.29 bits per heavy atom. The number of hydrazine groups is 1. The summed E-state index contributed by atoms with van der Waals surface area (Å²) in [6.45, 7) is 9.19. The van der Waals surface area contributed by atoms with Crippen molar-refractivity contribution in [2.24, 2.45) is 11.3 Å². The van der Waals surface area contributed by atoms with Gasteiger partial charge in [0.25, 0.3) is 0 Å². The molecule has 1 aromatic carbocycles. The van der Waals surface area contributed by atoms with E-state index in [1.807, 2.05) is 31.5 Å². The molecule has 0 aliphatic carbocycles. The number of hydrogen-bond donors (Lipinski definition) is 2. The molecule has 21 heavy (non-hydrogen) atoms. The van der Waals surface area contributed by atoms with Crippen molar-refractivity contribution in [1.82, 2.24) is 10.4 Å². The van der Waals surface area contributed by atoms with E-state index in [2.05, 4.69) is 43.3 Å². The molecule has 0 spiro atoms. The topological polar surface area (TPSA) is 60.2 Å². The van der Waals surface area contributed by atoms with Gasteiger partial charge in [-0.05, 0) is 29.4 Å². The second-order valence-electron chi connectivity index (χ2n) is 6.33. The predicted molar refractivity (Wildman–Crippen MR) is 86.7 cm³/mol. The van der Waals surface area contributed by atoms with Crippen molar-refractivity contribution < 1.29 is 4.74 Å². The summed E-state index contributed by atoms with van der Waals surface area (Å²) in [5.74, 6) is 5.88. The van der Waals surface area contributed by atoms with Crippen molar-refractivity contribution in [1.29, 1.82) is 0 Å². The van der Waals surface area contributed by atoms with Crippen molar-refractivity contribution >= 4 is 10.8 Å². The van der Waals surface area contributed by atoms with Crippen molar-refractivity contribution in [3.63, 3.8) is 0 Å². The van der Waals surface area contributed by atoms with Crippen LogP contribution in [0.4, 0.5) is 0 Å². The molecule has 4 nitrogen and oxygen atoms in total. The van der Waals surface area contributed by atoms with Crippen LogP contribution in [0.5, 0.6) is 0 Å². The van der Waals surface area contributed by atoms with Crippen LogP contribution in [0.1, 0.15) is 39.3 Å². The minimum absolute atomic E-state index is 0.0220. The van der Waals surface area contributed by atoms with Gasteiger partial charge >= 0.3 is 0 Å². The van der Waals surface area contributed by atoms with Crippen LogP contribution >= 0.6 is 0 Å². The normalized spacial score (nSPS) is 15.1. The van der Waals surface area contributed by atoms with Crippen LogP contribution < -0.4 is 11.3 Å². The van der Waals surface area contributed by atoms with Gasteiger partial charge in [0.05, 0.1) is 12.1 Å². The maximum absolute atomic E-state index is 6.00. The number of rotatable bonds is 5. The Morgan fingerprint density at radius 2 is 2.05 bits per heavy atom. The van der Waals surface area contributed by atoms with E-state index in [0.29, 0.717) is 6.61 Å². The van der Waals surface area contributed by atoms with E-state index >= 15 is 0 Å². The largest absolute Gasteiger partial charge is 0.376 e. The highest BCUT2D eigenvalue weighted by molar-refractivity contribution is 5.85. The molecule has 1 aromatic heterocycles. The lowest BCUT2D eigenvalue weighted by Gasteiger charge is -2.37. The SMILES string of the molecule is CCOC(C(NN)c1cccc2cnccc12)C(C)(C)C. The van der Waals surface area contributed by atoms with Crippen LogP contribution in [0, 0.1) is 5.41 Å². The Hall–Kier alpha value is -1.49. The summed E-state index contributed by atoms with van der Waals surface area (Å²) in [6.07, 6.45) is 3.66. The number of aromatic nitrogens is 1. The first-order chi connectivity index (χ1) is 9.99. The van der Waals surface area contributed by atoms with Crippen LogP contribution in [0.2, 0.25) is 0 Å². The number of benzene rings is 1. The highest BCUT2D eigenvalue weighted by Gasteiger charge is 2.34. The molecule has 0 fully saturated rings. The first-order valence-corrected chi connectivity index (χ1v) is 7.39. The van der Waals surface area contributed by atoms with E-state index in [4.69, 9.17) is 10.6 Å². The van der Waals surface area contributed by atoms with E-state index in [1.54, 1.807) is 0 Å². The maximum Gasteiger partial charge on any atom is 0.0830 e. The summed E-state index contributed by atoms with van der Waals surface area (Å²) in [4.78, 5) is 4.19. The van der Waals surface area contributed by atoms with Crippen molar-refractivity contribution in [3.8, 4) is 0 Å². The lowest BCUT2D eigenvalue weighted by Crippen LogP contribution is -2.44. The van der Waals surface area contributed by atoms with Crippen molar-refractivity contribution in [2.45, 2.75) is 39.8 Å². The summed E-state index contributed by atoms with van der Waals surface area (Å²) in [7, 11) is 0. The van der Waals surface area contributed by atoms with Gasteiger partial charge in [-0.25, -0.2) is 0 Å². The zero-order valence-corrected chi connectivity index (χ0v) is 13.3. The quantitative estimate of drug-likeness (QED) is 0.655. The fraction of sp³-hybridized carbons (Fsp3) is 0.471. The molecule has 0 saturated heterocycles. The Labute approximate surface area is 126 Å². The van der Waals surface area contributed by atoms with Gasteiger partial charge in [0.1, 0.15) is 0 Å². The predicted octanol–water partition coefficient (Wildman–Crippen LogP) is 3.19. The summed E-state index contributed by atoms with van der Waals surface area (Å²) in [5, 5.41) is 2.27. The van der Waals surface area contributed by atoms with Gasteiger partial charge < -0.3 is 4.74 Å². The fourth-order valence-electron chi connectivity index (χ4n) is 2.78. The minimum atomic E-state index is -0.0731. The number of pyridine rings is 1. The molecule has 0 aliphatic heterocycles. The highest BCUT2D eigenvalue weighted by Crippen LogP contribution is 2.35. The maximum atomic E-state index is 6.00. The first kappa shape index (κ1) is 15.9. The molecular weight excluding hydrogens is 262 g/mol. The van der Waals surface area contributed by atoms with Gasteiger partial charge in [-0.15, -0.1) is 0 Å². The third kappa shape index (κ3) is 3.40. The van der Waals surface area contributed by atoms with Crippen molar-refractivity contribution in [3.05, 3.63) is 42.2 Å². The summed E-state index contributed by atoms with van der Waals surface area (Å²) >= 11 is 0. The van der Waals surface area contributed by atoms with E-state index in [1.165, 1.54) is 0 Å². The Bertz CT molecular complexity index is 587. The lowest BCUT2D eigenvalue weighted by atomic mass is 9.81. The lowest BCUT2D eigenvalue weighted by molar-refractivity contribution is -0.0363. The second-order valence-corrected chi connectivity index (χ2v) is 6.33. The molecule has 0 aliphatic rings. The van der Waals surface area contributed by atoms with Gasteiger partial charge in [-0.3, -0.25) is 16.3 Å². The molecule has 3 N–H and O–H groups in total. The zero-order valence-electron chi connectivity index (χ0n) is 13.3. The van der Waals surface area contributed by atoms with E-state index in [-0.39, 0.29) is 17.6 Å². The molecule has 114 valence electrons. The van der Waals surface area contributed by atoms with Gasteiger partial charge in [-0.1, -0.05) is 39.0 Å². The number of nitrogens with zero attached hydrogens (tertiary/aromatic N) is 1. The molecule has 2 atom stereocenters. The van der Waals surface area contributed by atoms with Gasteiger partial charge in [0.15, 0.2) is 0 Å². The molecule has 0 radical (unpaired) electrons. The molecule has 4 heteroatoms. The van der Waals surface area contributed by atoms with Gasteiger partial charge in [0.2, 0.25) is 0 Å². The zero-order chi connectivity index (χ0) is 15.5. The average Bonchev–Trinajstić information content (AvgIpc) is 2.46. The number of ether oxygens (including phenoxy) is 1. The number of fused-ring (bicyclic) bond motifs is 1. The molecule has 1 heterocycles. The number of nitrogens with one attached hydrogen (secondary N) is 1. The molecule has 2 aromatic rings. The standard InChI is InChI=1S/C17H25N3O/c1-5-21-16(17(2,3)4)15(20-18)14-8-6-7-12-11-19-10-9-13(12)14/h6-11,15-16,20H,5,18H2,1-4H3. The number of hydrogen-bond acceptors (Lipinski definition) is 4. The second kappa shape index (κ2) is 6.52. The highest BCUT2D eigenvalue weighted by atomic mass is 16.5. The molecule has 2 unspecified atom stereocenters. The minimum Gasteiger partial charge on any atom is -0.376 e. The van der Waals surface area contributed by atoms with Crippen LogP contribution in [0.25, 0.3) is 10.8 Å². The average molecular weight is 287 g/mol. The van der Waals surface area contributed by atoms with Crippen LogP contribution in [0.3, 0.4) is 0 Å². The van der Waals surface area contributed by atoms with Crippen LogP contribution in [-0.4, -0.2) is 17.7 Å². The van der Waals surface area contributed by atoms with E-state index in [9.17, 15) is 0 Å². The summed E-state index contributed by atoms with van der Waals surface area (Å²) < 4.78 is 6.00. The monoisotopic (exact) mass is 287 g/mol. The molecule has 0 saturated carbocycles. The van der Waals surface area contributed by atoms with Gasteiger partial charge in [0, 0.05) is 24.4 Å². The molecule has 0 amide bonds. The third-order valence-corrected chi connectivity index (χ3v) is 3.73. The molecule has 0 bridgehead atoms. The summed E-state index contributed by atoms with van der Waals surface area (Å²) in [5.41, 5.74) is 4.08. The van der Waals surface area contributed by atoms with Gasteiger partial charge in [-0.2, -0.15) is 0 Å². The van der Waals surface area contributed by atoms with Crippen LogP contribution in [0.15, 0.2) is 36.7 Å². The fourth-order valence-corrected chi connectivity index (χ4v) is 2.78. The number of nitrogens with two attached hydrogens (primary N) is 1. The third-order valence-electron chi connectivity index (χ3n) is 3.73. The summed E-state index contributed by atoms with van der Waals surface area (Å²) in [6, 6.07) is 8.16. The Morgan fingerprint density at radius 3 is 2.67 bits per heavy atom. The van der Waals surface area contributed by atoms with Crippen molar-refractivity contribution in [2.75, 3.05) is 6.61 Å². The van der Waals surface area contributed by atoms with E-state index < -0.39 is 0 Å².